The molecule has 0 saturated heterocycles. The lowest BCUT2D eigenvalue weighted by molar-refractivity contribution is -0.140. The number of carbonyl (C=O) groups excluding carboxylic acids is 4. The minimum atomic E-state index is -1.31. The third-order valence-corrected chi connectivity index (χ3v) is 9.45. The summed E-state index contributed by atoms with van der Waals surface area (Å²) in [5, 5.41) is 54.3. The van der Waals surface area contributed by atoms with Crippen molar-refractivity contribution in [3.63, 3.8) is 0 Å². The topological polar surface area (TPSA) is 358 Å². The Labute approximate surface area is 323 Å². The van der Waals surface area contributed by atoms with Crippen LogP contribution in [0.4, 0.5) is 5.69 Å². The van der Waals surface area contributed by atoms with Crippen molar-refractivity contribution in [1.29, 1.82) is 0 Å². The first kappa shape index (κ1) is 47.9. The lowest BCUT2D eigenvalue weighted by Gasteiger charge is -2.26. The van der Waals surface area contributed by atoms with Crippen LogP contribution in [0.3, 0.4) is 0 Å². The first-order chi connectivity index (χ1) is 25.9. The van der Waals surface area contributed by atoms with Gasteiger partial charge in [-0.3, -0.25) is 43.2 Å². The van der Waals surface area contributed by atoms with E-state index in [0.29, 0.717) is 35.8 Å². The number of thioether (sulfide) groups is 2. The summed E-state index contributed by atoms with van der Waals surface area (Å²) in [6.07, 6.45) is -1.19. The smallest absolute Gasteiger partial charge is 0.322 e. The molecule has 21 nitrogen and oxygen atoms in total. The lowest BCUT2D eigenvalue weighted by atomic mass is 10.1. The highest BCUT2D eigenvalue weighted by Gasteiger charge is 2.24. The highest BCUT2D eigenvalue weighted by Crippen LogP contribution is 2.19. The van der Waals surface area contributed by atoms with Crippen molar-refractivity contribution < 1.29 is 68.7 Å². The molecule has 0 spiro atoms. The summed E-state index contributed by atoms with van der Waals surface area (Å²) in [6, 6.07) is 1.77. The van der Waals surface area contributed by atoms with Crippen molar-refractivity contribution in [3.8, 4) is 0 Å². The Hall–Kier alpha value is -5.13. The van der Waals surface area contributed by atoms with Crippen LogP contribution >= 0.6 is 23.5 Å². The maximum absolute atomic E-state index is 12.7. The maximum atomic E-state index is 12.7. The third kappa shape index (κ3) is 21.4. The Kier molecular flexibility index (Phi) is 22.5. The molecule has 0 aromatic heterocycles. The van der Waals surface area contributed by atoms with Gasteiger partial charge in [-0.1, -0.05) is 12.1 Å². The van der Waals surface area contributed by atoms with Crippen LogP contribution in [0.5, 0.6) is 0 Å². The Morgan fingerprint density at radius 2 is 1.02 bits per heavy atom. The lowest BCUT2D eigenvalue weighted by Crippen LogP contribution is -2.49. The van der Waals surface area contributed by atoms with E-state index in [1.54, 1.807) is 24.3 Å². The number of hydrogen-bond acceptors (Lipinski definition) is 14. The van der Waals surface area contributed by atoms with E-state index in [4.69, 9.17) is 37.0 Å². The van der Waals surface area contributed by atoms with Gasteiger partial charge in [-0.25, -0.2) is 0 Å². The number of carbonyl (C=O) groups is 9. The van der Waals surface area contributed by atoms with Gasteiger partial charge in [0.05, 0.1) is 6.42 Å². The van der Waals surface area contributed by atoms with Gasteiger partial charge in [0, 0.05) is 54.6 Å². The first-order valence-electron chi connectivity index (χ1n) is 16.6. The molecule has 23 heteroatoms. The summed E-state index contributed by atoms with van der Waals surface area (Å²) >= 11 is 2.48. The molecule has 4 unspecified atom stereocenters. The van der Waals surface area contributed by atoms with Gasteiger partial charge in [-0.15, -0.1) is 0 Å². The number of nitrogens with one attached hydrogen (secondary N) is 4. The minimum Gasteiger partial charge on any atom is -0.481 e. The van der Waals surface area contributed by atoms with Gasteiger partial charge in [-0.05, 0) is 30.5 Å². The molecule has 0 aliphatic carbocycles. The van der Waals surface area contributed by atoms with Gasteiger partial charge in [0.25, 0.3) is 0 Å². The van der Waals surface area contributed by atoms with Gasteiger partial charge in [0.1, 0.15) is 37.3 Å². The molecule has 13 N–H and O–H groups in total. The summed E-state index contributed by atoms with van der Waals surface area (Å²) in [7, 11) is 0. The Bertz CT molecular complexity index is 1420. The summed E-state index contributed by atoms with van der Waals surface area (Å²) < 4.78 is 0. The molecular weight excluding hydrogens is 771 g/mol. The van der Waals surface area contributed by atoms with E-state index in [-0.39, 0.29) is 43.6 Å². The van der Waals surface area contributed by atoms with Crippen LogP contribution < -0.4 is 37.6 Å². The molecule has 306 valence electrons. The summed E-state index contributed by atoms with van der Waals surface area (Å²) in [6.45, 7) is -0.712. The molecular formula is C32H47N7O14S2. The fraction of sp³-hybridized carbons (Fsp3) is 0.531. The normalized spacial score (nSPS) is 12.9. The average molecular weight is 818 g/mol. The Morgan fingerprint density at radius 1 is 0.618 bits per heavy atom. The van der Waals surface area contributed by atoms with Crippen LogP contribution in [0.25, 0.3) is 0 Å². The predicted molar refractivity (Wildman–Crippen MR) is 199 cm³/mol. The number of carboxylic acids is 5. The Morgan fingerprint density at radius 3 is 1.36 bits per heavy atom. The molecule has 4 atom stereocenters. The number of amides is 4. The molecule has 4 amide bonds. The largest absolute Gasteiger partial charge is 0.481 e. The predicted octanol–water partition coefficient (Wildman–Crippen LogP) is -2.66. The maximum Gasteiger partial charge on any atom is 0.322 e. The molecule has 1 aromatic carbocycles. The highest BCUT2D eigenvalue weighted by molar-refractivity contribution is 7.99. The molecule has 0 saturated carbocycles. The van der Waals surface area contributed by atoms with E-state index >= 15 is 0 Å². The zero-order valence-electron chi connectivity index (χ0n) is 29.6. The van der Waals surface area contributed by atoms with E-state index < -0.39 is 90.7 Å². The van der Waals surface area contributed by atoms with Crippen LogP contribution in [0.15, 0.2) is 24.3 Å². The van der Waals surface area contributed by atoms with Crippen LogP contribution in [0, 0.1) is 0 Å². The zero-order valence-corrected chi connectivity index (χ0v) is 31.3. The molecule has 1 aromatic rings. The second-order valence-electron chi connectivity index (χ2n) is 11.8. The van der Waals surface area contributed by atoms with E-state index in [2.05, 4.69) is 21.3 Å². The van der Waals surface area contributed by atoms with Crippen molar-refractivity contribution in [2.75, 3.05) is 54.1 Å². The number of nitrogens with zero attached hydrogens (tertiary/aromatic N) is 1. The standard InChI is InChI=1S/C32H47N7O14S2/c33-20(31(50)51)5-7-24(40)37-22(29(48)35-14-27(44)45)16-54-11-9-39(19-3-1-18(2-4-19)13-26(42)43)10-12-55-17-23(30(49)36-15-28(46)47)38-25(41)8-6-21(34)32(52)53/h1-4,20-23H,5-17,33-34H2,(H,35,48)(H,36,49)(H,37,40)(H,38,41)(H,42,43)(H,44,45)(H,46,47)(H,50,51)(H,52,53). The van der Waals surface area contributed by atoms with E-state index in [0.717, 1.165) is 0 Å². The van der Waals surface area contributed by atoms with Gasteiger partial charge >= 0.3 is 29.8 Å². The van der Waals surface area contributed by atoms with Crippen molar-refractivity contribution in [2.24, 2.45) is 11.5 Å². The van der Waals surface area contributed by atoms with Crippen molar-refractivity contribution >= 4 is 82.7 Å². The fourth-order valence-corrected chi connectivity index (χ4v) is 6.39. The molecule has 1 rings (SSSR count). The molecule has 0 heterocycles. The number of anilines is 1. The van der Waals surface area contributed by atoms with Crippen molar-refractivity contribution in [2.45, 2.75) is 56.3 Å². The van der Waals surface area contributed by atoms with Crippen LogP contribution in [0.1, 0.15) is 31.2 Å². The van der Waals surface area contributed by atoms with E-state index in [1.807, 2.05) is 4.90 Å². The van der Waals surface area contributed by atoms with Gasteiger partial charge in [0.2, 0.25) is 23.6 Å². The third-order valence-electron chi connectivity index (χ3n) is 7.37. The SMILES string of the molecule is NC(CCC(=O)NC(CSCCN(CCSCC(NC(=O)CCC(N)C(=O)O)C(=O)NCC(=O)O)c1ccc(CC(=O)O)cc1)C(=O)NCC(=O)O)C(=O)O. The Balaban J connectivity index is 3.01. The molecule has 0 bridgehead atoms. The molecule has 0 aliphatic rings. The van der Waals surface area contributed by atoms with Crippen molar-refractivity contribution in [3.05, 3.63) is 29.8 Å². The van der Waals surface area contributed by atoms with Crippen LogP contribution in [-0.2, 0) is 49.6 Å². The van der Waals surface area contributed by atoms with Gasteiger partial charge < -0.3 is 63.2 Å². The quantitative estimate of drug-likeness (QED) is 0.0368. The van der Waals surface area contributed by atoms with Crippen LogP contribution in [-0.4, -0.2) is 152 Å². The average Bonchev–Trinajstić information content (AvgIpc) is 3.12. The van der Waals surface area contributed by atoms with Crippen molar-refractivity contribution in [1.82, 2.24) is 21.3 Å². The second-order valence-corrected chi connectivity index (χ2v) is 14.1. The number of carboxylic acid groups (broad SMARTS) is 5. The minimum absolute atomic E-state index is 0.00646. The van der Waals surface area contributed by atoms with Gasteiger partial charge in [-0.2, -0.15) is 23.5 Å². The number of nitrogens with two attached hydrogens (primary N) is 2. The zero-order chi connectivity index (χ0) is 41.5. The second kappa shape index (κ2) is 25.8. The monoisotopic (exact) mass is 817 g/mol. The first-order valence-corrected chi connectivity index (χ1v) is 19.0. The fourth-order valence-electron chi connectivity index (χ4n) is 4.41. The number of hydrogen-bond donors (Lipinski definition) is 11. The van der Waals surface area contributed by atoms with Crippen LogP contribution in [0.2, 0.25) is 0 Å². The number of rotatable bonds is 29. The number of aliphatic carboxylic acids is 5. The summed E-state index contributed by atoms with van der Waals surface area (Å²) in [5.74, 6) is -8.38. The van der Waals surface area contributed by atoms with E-state index in [1.165, 1.54) is 23.5 Å². The van der Waals surface area contributed by atoms with E-state index in [9.17, 15) is 43.2 Å². The summed E-state index contributed by atoms with van der Waals surface area (Å²) in [5.41, 5.74) is 12.1. The molecule has 55 heavy (non-hydrogen) atoms. The molecule has 0 aliphatic heterocycles. The molecule has 0 fully saturated rings. The molecule has 0 radical (unpaired) electrons. The van der Waals surface area contributed by atoms with Gasteiger partial charge in [0.15, 0.2) is 0 Å². The summed E-state index contributed by atoms with van der Waals surface area (Å²) in [4.78, 5) is 107. The number of benzene rings is 1. The highest BCUT2D eigenvalue weighted by atomic mass is 32.2.